The SMILES string of the molecule is CC1(C)c2ccccc2-c2ccc(N(c3ccc(-c4ccccc4)cc3)c3cccc4c3-c3c(cc5oc6ccccc6c5c3-c3ccccc3)C4(C)C)cc21. The first-order valence-electron chi connectivity index (χ1n) is 19.7. The summed E-state index contributed by atoms with van der Waals surface area (Å²) < 4.78 is 6.67. The van der Waals surface area contributed by atoms with Crippen LogP contribution in [-0.2, 0) is 10.8 Å². The first kappa shape index (κ1) is 32.8. The topological polar surface area (TPSA) is 16.4 Å². The highest BCUT2D eigenvalue weighted by molar-refractivity contribution is 6.18. The maximum atomic E-state index is 6.67. The van der Waals surface area contributed by atoms with Gasteiger partial charge in [-0.1, -0.05) is 161 Å². The Balaban J connectivity index is 1.21. The van der Waals surface area contributed by atoms with Crippen molar-refractivity contribution in [2.24, 2.45) is 0 Å². The molecule has 268 valence electrons. The molecule has 0 aliphatic heterocycles. The second kappa shape index (κ2) is 11.9. The Morgan fingerprint density at radius 1 is 0.393 bits per heavy atom. The van der Waals surface area contributed by atoms with Crippen LogP contribution in [0.3, 0.4) is 0 Å². The number of para-hydroxylation sites is 1. The van der Waals surface area contributed by atoms with Crippen LogP contribution in [0.4, 0.5) is 17.1 Å². The third kappa shape index (κ3) is 4.62. The molecular weight excluding hydrogens is 679 g/mol. The third-order valence-electron chi connectivity index (χ3n) is 12.7. The average molecular weight is 720 g/mol. The molecule has 1 aromatic heterocycles. The van der Waals surface area contributed by atoms with Gasteiger partial charge in [-0.2, -0.15) is 0 Å². The number of hydrogen-bond acceptors (Lipinski definition) is 2. The predicted molar refractivity (Wildman–Crippen MR) is 234 cm³/mol. The van der Waals surface area contributed by atoms with E-state index >= 15 is 0 Å². The lowest BCUT2D eigenvalue weighted by molar-refractivity contribution is 0.647. The largest absolute Gasteiger partial charge is 0.456 e. The zero-order valence-electron chi connectivity index (χ0n) is 32.1. The number of rotatable bonds is 5. The van der Waals surface area contributed by atoms with Crippen LogP contribution in [0.5, 0.6) is 0 Å². The molecule has 0 unspecified atom stereocenters. The number of benzene rings is 8. The molecular formula is C54H41NO. The summed E-state index contributed by atoms with van der Waals surface area (Å²) in [6, 6.07) is 64.5. The molecule has 2 aliphatic carbocycles. The average Bonchev–Trinajstić information content (AvgIpc) is 3.81. The van der Waals surface area contributed by atoms with Crippen molar-refractivity contribution in [3.05, 3.63) is 198 Å². The molecule has 1 heterocycles. The standard InChI is InChI=1S/C54H41NO/c1-53(2)42-22-13-11-20-39(42)40-31-30-38(32-44(40)53)55(37-28-26-35(27-29-37)34-16-7-5-8-17-34)46-24-15-23-43-51(46)52-45(54(43,3)4)33-48-50(41-21-12-14-25-47(41)56-48)49(52)36-18-9-6-10-19-36/h5-33H,1-4H3. The van der Waals surface area contributed by atoms with Gasteiger partial charge in [0.1, 0.15) is 11.2 Å². The second-order valence-electron chi connectivity index (χ2n) is 16.5. The number of hydrogen-bond donors (Lipinski definition) is 0. The molecule has 0 fully saturated rings. The van der Waals surface area contributed by atoms with E-state index in [2.05, 4.69) is 209 Å². The zero-order chi connectivity index (χ0) is 37.8. The highest BCUT2D eigenvalue weighted by Crippen LogP contribution is 2.60. The molecule has 0 N–H and O–H groups in total. The van der Waals surface area contributed by atoms with E-state index in [1.165, 1.54) is 77.8 Å². The van der Waals surface area contributed by atoms with E-state index in [1.54, 1.807) is 0 Å². The van der Waals surface area contributed by atoms with E-state index in [-0.39, 0.29) is 10.8 Å². The fourth-order valence-corrected chi connectivity index (χ4v) is 9.88. The first-order chi connectivity index (χ1) is 27.3. The lowest BCUT2D eigenvalue weighted by atomic mass is 9.81. The van der Waals surface area contributed by atoms with Crippen molar-refractivity contribution in [2.45, 2.75) is 38.5 Å². The fraction of sp³-hybridized carbons (Fsp3) is 0.111. The van der Waals surface area contributed by atoms with Crippen LogP contribution in [-0.4, -0.2) is 0 Å². The lowest BCUT2D eigenvalue weighted by Crippen LogP contribution is -2.17. The Morgan fingerprint density at radius 3 is 1.79 bits per heavy atom. The lowest BCUT2D eigenvalue weighted by Gasteiger charge is -2.30. The van der Waals surface area contributed by atoms with Gasteiger partial charge < -0.3 is 9.32 Å². The molecule has 0 radical (unpaired) electrons. The molecule has 0 bridgehead atoms. The monoisotopic (exact) mass is 719 g/mol. The normalized spacial score (nSPS) is 14.4. The Kier molecular flexibility index (Phi) is 6.98. The van der Waals surface area contributed by atoms with Crippen LogP contribution in [0.15, 0.2) is 180 Å². The van der Waals surface area contributed by atoms with Gasteiger partial charge in [-0.3, -0.25) is 0 Å². The number of anilines is 3. The van der Waals surface area contributed by atoms with E-state index in [4.69, 9.17) is 4.42 Å². The van der Waals surface area contributed by atoms with Gasteiger partial charge in [-0.05, 0) is 98.1 Å². The minimum Gasteiger partial charge on any atom is -0.456 e. The molecule has 0 saturated carbocycles. The Bertz CT molecular complexity index is 3000. The van der Waals surface area contributed by atoms with Gasteiger partial charge >= 0.3 is 0 Å². The Hall–Kier alpha value is -6.64. The smallest absolute Gasteiger partial charge is 0.136 e. The first-order valence-corrected chi connectivity index (χ1v) is 19.7. The maximum absolute atomic E-state index is 6.67. The summed E-state index contributed by atoms with van der Waals surface area (Å²) in [6.07, 6.45) is 0. The van der Waals surface area contributed by atoms with Gasteiger partial charge in [0.15, 0.2) is 0 Å². The minimum absolute atomic E-state index is 0.133. The predicted octanol–water partition coefficient (Wildman–Crippen LogP) is 15.0. The molecule has 0 atom stereocenters. The third-order valence-corrected chi connectivity index (χ3v) is 12.7. The van der Waals surface area contributed by atoms with E-state index in [1.807, 2.05) is 0 Å². The summed E-state index contributed by atoms with van der Waals surface area (Å²) in [4.78, 5) is 2.50. The number of nitrogens with zero attached hydrogens (tertiary/aromatic N) is 1. The van der Waals surface area contributed by atoms with Crippen molar-refractivity contribution in [3.8, 4) is 44.5 Å². The fourth-order valence-electron chi connectivity index (χ4n) is 9.88. The van der Waals surface area contributed by atoms with Gasteiger partial charge in [0, 0.05) is 44.1 Å². The Labute approximate surface area is 328 Å². The molecule has 9 aromatic rings. The van der Waals surface area contributed by atoms with Crippen molar-refractivity contribution in [1.82, 2.24) is 0 Å². The molecule has 0 spiro atoms. The highest BCUT2D eigenvalue weighted by Gasteiger charge is 2.42. The van der Waals surface area contributed by atoms with E-state index in [9.17, 15) is 0 Å². The van der Waals surface area contributed by atoms with Gasteiger partial charge in [0.2, 0.25) is 0 Å². The van der Waals surface area contributed by atoms with Crippen molar-refractivity contribution in [2.75, 3.05) is 4.90 Å². The van der Waals surface area contributed by atoms with Crippen molar-refractivity contribution in [3.63, 3.8) is 0 Å². The molecule has 8 aromatic carbocycles. The molecule has 0 amide bonds. The van der Waals surface area contributed by atoms with E-state index in [0.717, 1.165) is 27.9 Å². The number of fused-ring (bicyclic) bond motifs is 9. The summed E-state index contributed by atoms with van der Waals surface area (Å²) in [7, 11) is 0. The van der Waals surface area contributed by atoms with Gasteiger partial charge in [-0.15, -0.1) is 0 Å². The summed E-state index contributed by atoms with van der Waals surface area (Å²) >= 11 is 0. The van der Waals surface area contributed by atoms with Crippen LogP contribution < -0.4 is 4.90 Å². The quantitative estimate of drug-likeness (QED) is 0.176. The van der Waals surface area contributed by atoms with Crippen LogP contribution in [0.1, 0.15) is 49.9 Å². The molecule has 2 nitrogen and oxygen atoms in total. The van der Waals surface area contributed by atoms with Crippen molar-refractivity contribution in [1.29, 1.82) is 0 Å². The molecule has 2 heteroatoms. The highest BCUT2D eigenvalue weighted by atomic mass is 16.3. The molecule has 11 rings (SSSR count). The van der Waals surface area contributed by atoms with Crippen LogP contribution in [0.25, 0.3) is 66.4 Å². The number of furan rings is 1. The van der Waals surface area contributed by atoms with Crippen molar-refractivity contribution >= 4 is 39.0 Å². The van der Waals surface area contributed by atoms with E-state index < -0.39 is 0 Å². The zero-order valence-corrected chi connectivity index (χ0v) is 32.1. The Morgan fingerprint density at radius 2 is 1.00 bits per heavy atom. The summed E-state index contributed by atoms with van der Waals surface area (Å²) in [6.45, 7) is 9.48. The van der Waals surface area contributed by atoms with Crippen LogP contribution in [0.2, 0.25) is 0 Å². The molecule has 56 heavy (non-hydrogen) atoms. The maximum Gasteiger partial charge on any atom is 0.136 e. The minimum atomic E-state index is -0.276. The summed E-state index contributed by atoms with van der Waals surface area (Å²) in [5.41, 5.74) is 20.2. The van der Waals surface area contributed by atoms with Gasteiger partial charge in [0.05, 0.1) is 5.69 Å². The summed E-state index contributed by atoms with van der Waals surface area (Å²) in [5.74, 6) is 0. The van der Waals surface area contributed by atoms with Crippen LogP contribution >= 0.6 is 0 Å². The molecule has 2 aliphatic rings. The summed E-state index contributed by atoms with van der Waals surface area (Å²) in [5, 5.41) is 2.31. The van der Waals surface area contributed by atoms with Gasteiger partial charge in [-0.25, -0.2) is 0 Å². The second-order valence-corrected chi connectivity index (χ2v) is 16.5. The van der Waals surface area contributed by atoms with Crippen LogP contribution in [0, 0.1) is 0 Å². The van der Waals surface area contributed by atoms with Gasteiger partial charge in [0.25, 0.3) is 0 Å². The van der Waals surface area contributed by atoms with Crippen molar-refractivity contribution < 1.29 is 4.42 Å². The molecule has 0 saturated heterocycles. The van der Waals surface area contributed by atoms with E-state index in [0.29, 0.717) is 0 Å².